The third kappa shape index (κ3) is 4.31. The summed E-state index contributed by atoms with van der Waals surface area (Å²) in [6, 6.07) is 6.23. The summed E-state index contributed by atoms with van der Waals surface area (Å²) >= 11 is 1.33. The van der Waals surface area contributed by atoms with E-state index in [4.69, 9.17) is 20.7 Å². The van der Waals surface area contributed by atoms with Gasteiger partial charge in [0.2, 0.25) is 0 Å². The standard InChI is InChI=1S/C23H21N7O6S/c1-35-28-16(15-9-36-23(25)26-15)19(31)27-17-20(32)30-18(22(33)34)12(10-37-21(17)30)8-29-6-5-13-11(7-29)3-2-4-14(13)24/h2-7,9,17,21H,8,10,24H2,1H3,(H3-,25,26,27,31,33,34)/t17?,21-/m0/s1. The van der Waals surface area contributed by atoms with Gasteiger partial charge >= 0.3 is 0 Å². The molecule has 0 bridgehead atoms. The van der Waals surface area contributed by atoms with Crippen LogP contribution < -0.4 is 26.5 Å². The Kier molecular flexibility index (Phi) is 6.17. The number of nitrogen functional groups attached to an aromatic ring is 2. The van der Waals surface area contributed by atoms with Crippen LogP contribution in [0.25, 0.3) is 10.8 Å². The molecule has 190 valence electrons. The summed E-state index contributed by atoms with van der Waals surface area (Å²) in [5.74, 6) is -2.51. The molecule has 2 aliphatic heterocycles. The molecule has 1 unspecified atom stereocenters. The Bertz CT molecular complexity index is 1500. The fraction of sp³-hybridized carbons (Fsp3) is 0.217. The van der Waals surface area contributed by atoms with Crippen LogP contribution in [0.2, 0.25) is 0 Å². The van der Waals surface area contributed by atoms with Crippen LogP contribution in [-0.2, 0) is 25.8 Å². The van der Waals surface area contributed by atoms with Crippen molar-refractivity contribution in [3.8, 4) is 0 Å². The summed E-state index contributed by atoms with van der Waals surface area (Å²) in [7, 11) is 1.24. The number of benzene rings is 1. The second kappa shape index (κ2) is 9.46. The van der Waals surface area contributed by atoms with E-state index >= 15 is 0 Å². The van der Waals surface area contributed by atoms with Crippen molar-refractivity contribution in [1.82, 2.24) is 15.2 Å². The maximum atomic E-state index is 13.0. The molecule has 2 amide bonds. The molecule has 0 spiro atoms. The molecular weight excluding hydrogens is 502 g/mol. The molecule has 13 nitrogen and oxygen atoms in total. The zero-order chi connectivity index (χ0) is 26.3. The van der Waals surface area contributed by atoms with Crippen molar-refractivity contribution in [3.63, 3.8) is 0 Å². The molecule has 2 aliphatic rings. The molecule has 4 heterocycles. The highest BCUT2D eigenvalue weighted by Gasteiger charge is 2.53. The van der Waals surface area contributed by atoms with E-state index in [1.54, 1.807) is 12.3 Å². The summed E-state index contributed by atoms with van der Waals surface area (Å²) in [4.78, 5) is 47.7. The van der Waals surface area contributed by atoms with Gasteiger partial charge in [-0.25, -0.2) is 4.57 Å². The average Bonchev–Trinajstić information content (AvgIpc) is 3.31. The summed E-state index contributed by atoms with van der Waals surface area (Å²) in [5.41, 5.74) is 12.2. The number of carbonyl (C=O) groups is 3. The number of oxime groups is 1. The summed E-state index contributed by atoms with van der Waals surface area (Å²) in [5, 5.41) is 19.5. The van der Waals surface area contributed by atoms with Gasteiger partial charge in [0, 0.05) is 33.9 Å². The van der Waals surface area contributed by atoms with Crippen LogP contribution in [0.4, 0.5) is 11.7 Å². The van der Waals surface area contributed by atoms with Gasteiger partial charge in [0.25, 0.3) is 17.8 Å². The van der Waals surface area contributed by atoms with Crippen LogP contribution in [-0.4, -0.2) is 57.7 Å². The number of anilines is 2. The van der Waals surface area contributed by atoms with Crippen molar-refractivity contribution >= 4 is 57.7 Å². The fourth-order valence-electron chi connectivity index (χ4n) is 4.31. The van der Waals surface area contributed by atoms with Gasteiger partial charge in [0.15, 0.2) is 24.7 Å². The zero-order valence-electron chi connectivity index (χ0n) is 19.4. The Morgan fingerprint density at radius 2 is 2.19 bits per heavy atom. The molecule has 1 fully saturated rings. The maximum Gasteiger partial charge on any atom is 0.292 e. The Labute approximate surface area is 213 Å². The number of nitrogens with zero attached hydrogens (tertiary/aromatic N) is 4. The predicted molar refractivity (Wildman–Crippen MR) is 130 cm³/mol. The van der Waals surface area contributed by atoms with E-state index in [9.17, 15) is 19.5 Å². The van der Waals surface area contributed by atoms with Gasteiger partial charge in [0.1, 0.15) is 30.5 Å². The summed E-state index contributed by atoms with van der Waals surface area (Å²) < 4.78 is 6.73. The molecule has 0 aliphatic carbocycles. The predicted octanol–water partition coefficient (Wildman–Crippen LogP) is -1.27. The third-order valence-corrected chi connectivity index (χ3v) is 7.31. The van der Waals surface area contributed by atoms with E-state index in [1.807, 2.05) is 29.0 Å². The Hall–Kier alpha value is -4.59. The molecule has 2 aromatic heterocycles. The number of rotatable bonds is 7. The monoisotopic (exact) mass is 523 g/mol. The van der Waals surface area contributed by atoms with E-state index in [0.717, 1.165) is 21.9 Å². The Morgan fingerprint density at radius 3 is 2.89 bits per heavy atom. The van der Waals surface area contributed by atoms with E-state index in [0.29, 0.717) is 17.0 Å². The number of amides is 2. The first-order valence-electron chi connectivity index (χ1n) is 11.0. The number of carboxylic acid groups (broad SMARTS) is 1. The first kappa shape index (κ1) is 24.1. The number of hydrogen-bond acceptors (Lipinski definition) is 11. The highest BCUT2D eigenvalue weighted by atomic mass is 32.2. The van der Waals surface area contributed by atoms with Gasteiger partial charge in [-0.2, -0.15) is 4.98 Å². The number of carbonyl (C=O) groups excluding carboxylic acids is 3. The van der Waals surface area contributed by atoms with E-state index in [1.165, 1.54) is 18.9 Å². The number of thioether (sulfide) groups is 1. The Balaban J connectivity index is 1.36. The number of aromatic nitrogens is 2. The van der Waals surface area contributed by atoms with Gasteiger partial charge in [0.05, 0.1) is 11.7 Å². The number of fused-ring (bicyclic) bond motifs is 2. The van der Waals surface area contributed by atoms with Crippen molar-refractivity contribution in [3.05, 3.63) is 59.9 Å². The number of β-lactam (4-membered cyclic amide) rings is 1. The van der Waals surface area contributed by atoms with Crippen molar-refractivity contribution in [1.29, 1.82) is 0 Å². The van der Waals surface area contributed by atoms with Crippen LogP contribution in [0.5, 0.6) is 0 Å². The molecule has 2 atom stereocenters. The lowest BCUT2D eigenvalue weighted by molar-refractivity contribution is -0.687. The van der Waals surface area contributed by atoms with Gasteiger partial charge in [-0.1, -0.05) is 11.2 Å². The second-order valence-electron chi connectivity index (χ2n) is 8.26. The first-order chi connectivity index (χ1) is 17.8. The van der Waals surface area contributed by atoms with Gasteiger partial charge in [-0.05, 0) is 12.1 Å². The smallest absolute Gasteiger partial charge is 0.292 e. The summed E-state index contributed by atoms with van der Waals surface area (Å²) in [6.07, 6.45) is 4.78. The normalized spacial score (nSPS) is 19.4. The lowest BCUT2D eigenvalue weighted by Gasteiger charge is -2.50. The Morgan fingerprint density at radius 1 is 1.38 bits per heavy atom. The highest BCUT2D eigenvalue weighted by molar-refractivity contribution is 8.00. The van der Waals surface area contributed by atoms with Crippen LogP contribution in [0.1, 0.15) is 5.69 Å². The van der Waals surface area contributed by atoms with Gasteiger partial charge in [-0.3, -0.25) is 14.5 Å². The molecule has 1 aromatic carbocycles. The minimum absolute atomic E-state index is 0.0172. The molecule has 0 saturated carbocycles. The van der Waals surface area contributed by atoms with Crippen LogP contribution in [0.15, 0.2) is 63.8 Å². The van der Waals surface area contributed by atoms with Crippen molar-refractivity contribution < 1.29 is 33.3 Å². The quantitative estimate of drug-likeness (QED) is 0.111. The van der Waals surface area contributed by atoms with Crippen LogP contribution in [0, 0.1) is 0 Å². The molecule has 3 aromatic rings. The molecule has 5 rings (SSSR count). The highest BCUT2D eigenvalue weighted by Crippen LogP contribution is 2.40. The number of nitrogens with two attached hydrogens (primary N) is 2. The number of oxazole rings is 1. The fourth-order valence-corrected chi connectivity index (χ4v) is 5.65. The largest absolute Gasteiger partial charge is 0.543 e. The van der Waals surface area contributed by atoms with E-state index in [2.05, 4.69) is 15.5 Å². The number of aliphatic carboxylic acids is 1. The number of hydrogen-bond donors (Lipinski definition) is 3. The topological polar surface area (TPSA) is 193 Å². The van der Waals surface area contributed by atoms with Gasteiger partial charge < -0.3 is 35.9 Å². The molecule has 14 heteroatoms. The van der Waals surface area contributed by atoms with Gasteiger partial charge in [-0.15, -0.1) is 11.8 Å². The summed E-state index contributed by atoms with van der Waals surface area (Å²) in [6.45, 7) is 0.229. The molecule has 37 heavy (non-hydrogen) atoms. The minimum Gasteiger partial charge on any atom is -0.543 e. The van der Waals surface area contributed by atoms with E-state index in [-0.39, 0.29) is 29.7 Å². The zero-order valence-corrected chi connectivity index (χ0v) is 20.2. The first-order valence-corrected chi connectivity index (χ1v) is 12.0. The maximum absolute atomic E-state index is 13.0. The van der Waals surface area contributed by atoms with E-state index < -0.39 is 29.2 Å². The lowest BCUT2D eigenvalue weighted by atomic mass is 10.0. The molecular formula is C23H21N7O6S. The second-order valence-corrected chi connectivity index (χ2v) is 9.37. The minimum atomic E-state index is -1.47. The SMILES string of the molecule is CON=C(C(=O)NC1C(=O)N2C(C(=O)[O-])=C(C[n+]3ccc4c(N)cccc4c3)CS[C@@H]12)c1coc(N)n1. The van der Waals surface area contributed by atoms with Crippen molar-refractivity contribution in [2.24, 2.45) is 5.16 Å². The van der Waals surface area contributed by atoms with Crippen LogP contribution in [0.3, 0.4) is 0 Å². The molecule has 0 radical (unpaired) electrons. The molecule has 1 saturated heterocycles. The van der Waals surface area contributed by atoms with Crippen molar-refractivity contribution in [2.75, 3.05) is 24.3 Å². The average molecular weight is 524 g/mol. The number of pyridine rings is 1. The number of nitrogens with one attached hydrogen (secondary N) is 1. The number of carboxylic acids is 1. The third-order valence-electron chi connectivity index (χ3n) is 5.97. The molecule has 5 N–H and O–H groups in total. The lowest BCUT2D eigenvalue weighted by Crippen LogP contribution is -2.71. The van der Waals surface area contributed by atoms with Crippen LogP contribution >= 0.6 is 11.8 Å². The van der Waals surface area contributed by atoms with Crippen molar-refractivity contribution in [2.45, 2.75) is 18.0 Å².